The number of benzene rings is 1. The van der Waals surface area contributed by atoms with Crippen LogP contribution in [0.3, 0.4) is 0 Å². The van der Waals surface area contributed by atoms with Crippen LogP contribution in [-0.2, 0) is 16.4 Å². The van der Waals surface area contributed by atoms with Crippen molar-refractivity contribution in [3.8, 4) is 17.2 Å². The van der Waals surface area contributed by atoms with E-state index in [0.29, 0.717) is 22.8 Å². The zero-order chi connectivity index (χ0) is 15.2. The van der Waals surface area contributed by atoms with Crippen molar-refractivity contribution in [1.29, 1.82) is 0 Å². The molecule has 0 amide bonds. The Kier molecular flexibility index (Phi) is 6.09. The van der Waals surface area contributed by atoms with Crippen molar-refractivity contribution >= 4 is 9.84 Å². The van der Waals surface area contributed by atoms with Crippen LogP contribution in [0, 0.1) is 0 Å². The highest BCUT2D eigenvalue weighted by Crippen LogP contribution is 2.38. The average Bonchev–Trinajstić information content (AvgIpc) is 2.46. The third-order valence-electron chi connectivity index (χ3n) is 2.78. The SMILES string of the molecule is CCS(=O)(=O)CCOc1c(OC)cc(CO)cc1OC. The second-order valence-corrected chi connectivity index (χ2v) is 6.55. The lowest BCUT2D eigenvalue weighted by Gasteiger charge is -2.15. The van der Waals surface area contributed by atoms with Crippen LogP contribution >= 0.6 is 0 Å². The summed E-state index contributed by atoms with van der Waals surface area (Å²) in [6.45, 7) is 1.45. The van der Waals surface area contributed by atoms with Crippen molar-refractivity contribution in [1.82, 2.24) is 0 Å². The molecule has 0 aliphatic heterocycles. The summed E-state index contributed by atoms with van der Waals surface area (Å²) >= 11 is 0. The molecule has 0 saturated heterocycles. The number of ether oxygens (including phenoxy) is 3. The summed E-state index contributed by atoms with van der Waals surface area (Å²) in [5.41, 5.74) is 0.618. The minimum absolute atomic E-state index is 0.0152. The highest BCUT2D eigenvalue weighted by atomic mass is 32.2. The molecule has 0 heterocycles. The summed E-state index contributed by atoms with van der Waals surface area (Å²) in [6.07, 6.45) is 0. The fourth-order valence-corrected chi connectivity index (χ4v) is 2.21. The predicted molar refractivity (Wildman–Crippen MR) is 75.3 cm³/mol. The summed E-state index contributed by atoms with van der Waals surface area (Å²) in [4.78, 5) is 0. The van der Waals surface area contributed by atoms with E-state index in [9.17, 15) is 8.42 Å². The van der Waals surface area contributed by atoms with Crippen molar-refractivity contribution in [2.24, 2.45) is 0 Å². The van der Waals surface area contributed by atoms with Crippen LogP contribution in [0.4, 0.5) is 0 Å². The Morgan fingerprint density at radius 1 is 1.15 bits per heavy atom. The Morgan fingerprint density at radius 3 is 2.10 bits per heavy atom. The number of rotatable bonds is 8. The lowest BCUT2D eigenvalue weighted by atomic mass is 10.2. The molecule has 0 aliphatic rings. The van der Waals surface area contributed by atoms with E-state index < -0.39 is 9.84 Å². The van der Waals surface area contributed by atoms with Crippen LogP contribution in [-0.4, -0.2) is 45.9 Å². The standard InChI is InChI=1S/C13H20O6S/c1-4-20(15,16)6-5-19-13-11(17-2)7-10(9-14)8-12(13)18-3/h7-8,14H,4-6,9H2,1-3H3. The monoisotopic (exact) mass is 304 g/mol. The molecule has 114 valence electrons. The molecule has 0 atom stereocenters. The highest BCUT2D eigenvalue weighted by Gasteiger charge is 2.15. The van der Waals surface area contributed by atoms with Gasteiger partial charge in [-0.25, -0.2) is 8.42 Å². The normalized spacial score (nSPS) is 11.2. The highest BCUT2D eigenvalue weighted by molar-refractivity contribution is 7.91. The molecule has 0 spiro atoms. The van der Waals surface area contributed by atoms with Crippen LogP contribution in [0.25, 0.3) is 0 Å². The molecular formula is C13H20O6S. The third-order valence-corrected chi connectivity index (χ3v) is 4.45. The van der Waals surface area contributed by atoms with E-state index >= 15 is 0 Å². The van der Waals surface area contributed by atoms with Gasteiger partial charge in [0.15, 0.2) is 21.3 Å². The summed E-state index contributed by atoms with van der Waals surface area (Å²) in [6, 6.07) is 3.23. The molecule has 0 fully saturated rings. The van der Waals surface area contributed by atoms with Gasteiger partial charge in [-0.3, -0.25) is 0 Å². The van der Waals surface area contributed by atoms with Gasteiger partial charge in [-0.15, -0.1) is 0 Å². The van der Waals surface area contributed by atoms with E-state index in [2.05, 4.69) is 0 Å². The molecule has 1 N–H and O–H groups in total. The molecule has 0 aliphatic carbocycles. The first kappa shape index (κ1) is 16.6. The predicted octanol–water partition coefficient (Wildman–Crippen LogP) is 1.01. The zero-order valence-electron chi connectivity index (χ0n) is 11.9. The van der Waals surface area contributed by atoms with E-state index in [-0.39, 0.29) is 24.7 Å². The van der Waals surface area contributed by atoms with Gasteiger partial charge in [-0.05, 0) is 17.7 Å². The van der Waals surface area contributed by atoms with Gasteiger partial charge in [-0.1, -0.05) is 6.92 Å². The minimum atomic E-state index is -3.09. The Labute approximate surface area is 119 Å². The largest absolute Gasteiger partial charge is 0.493 e. The lowest BCUT2D eigenvalue weighted by Crippen LogP contribution is -2.16. The van der Waals surface area contributed by atoms with E-state index in [1.165, 1.54) is 14.2 Å². The molecule has 1 aromatic carbocycles. The number of hydrogen-bond donors (Lipinski definition) is 1. The van der Waals surface area contributed by atoms with Gasteiger partial charge in [0, 0.05) is 5.75 Å². The van der Waals surface area contributed by atoms with E-state index in [4.69, 9.17) is 19.3 Å². The fraction of sp³-hybridized carbons (Fsp3) is 0.538. The van der Waals surface area contributed by atoms with Crippen molar-refractivity contribution in [3.63, 3.8) is 0 Å². The summed E-state index contributed by atoms with van der Waals surface area (Å²) in [5.74, 6) is 1.12. The quantitative estimate of drug-likeness (QED) is 0.772. The van der Waals surface area contributed by atoms with Crippen molar-refractivity contribution in [2.45, 2.75) is 13.5 Å². The number of aliphatic hydroxyl groups is 1. The average molecular weight is 304 g/mol. The summed E-state index contributed by atoms with van der Waals surface area (Å²) < 4.78 is 38.7. The molecule has 7 heteroatoms. The number of aliphatic hydroxyl groups excluding tert-OH is 1. The molecule has 6 nitrogen and oxygen atoms in total. The molecule has 0 bridgehead atoms. The van der Waals surface area contributed by atoms with Gasteiger partial charge in [0.2, 0.25) is 5.75 Å². The number of methoxy groups -OCH3 is 2. The van der Waals surface area contributed by atoms with Gasteiger partial charge < -0.3 is 19.3 Å². The van der Waals surface area contributed by atoms with Crippen LogP contribution < -0.4 is 14.2 Å². The molecule has 1 aromatic rings. The molecule has 0 aromatic heterocycles. The van der Waals surface area contributed by atoms with Gasteiger partial charge in [0.25, 0.3) is 0 Å². The van der Waals surface area contributed by atoms with Crippen molar-refractivity contribution in [2.75, 3.05) is 32.3 Å². The number of sulfone groups is 1. The minimum Gasteiger partial charge on any atom is -0.493 e. The van der Waals surface area contributed by atoms with Crippen LogP contribution in [0.2, 0.25) is 0 Å². The molecule has 0 saturated carbocycles. The van der Waals surface area contributed by atoms with Gasteiger partial charge >= 0.3 is 0 Å². The van der Waals surface area contributed by atoms with Gasteiger partial charge in [-0.2, -0.15) is 0 Å². The van der Waals surface area contributed by atoms with Gasteiger partial charge in [0.1, 0.15) is 6.61 Å². The van der Waals surface area contributed by atoms with Crippen LogP contribution in [0.15, 0.2) is 12.1 Å². The fourth-order valence-electron chi connectivity index (χ4n) is 1.58. The second-order valence-electron chi connectivity index (χ2n) is 4.07. The van der Waals surface area contributed by atoms with Crippen molar-refractivity contribution in [3.05, 3.63) is 17.7 Å². The van der Waals surface area contributed by atoms with Crippen LogP contribution in [0.1, 0.15) is 12.5 Å². The summed E-state index contributed by atoms with van der Waals surface area (Å²) in [5, 5.41) is 9.15. The summed E-state index contributed by atoms with van der Waals surface area (Å²) in [7, 11) is -0.161. The second kappa shape index (κ2) is 7.35. The van der Waals surface area contributed by atoms with E-state index in [1.807, 2.05) is 0 Å². The first-order valence-electron chi connectivity index (χ1n) is 6.16. The van der Waals surface area contributed by atoms with Crippen molar-refractivity contribution < 1.29 is 27.7 Å². The Morgan fingerprint density at radius 2 is 1.70 bits per heavy atom. The first-order valence-corrected chi connectivity index (χ1v) is 7.98. The Bertz CT molecular complexity index is 513. The van der Waals surface area contributed by atoms with Gasteiger partial charge in [0.05, 0.1) is 26.6 Å². The maximum atomic E-state index is 11.4. The molecule has 20 heavy (non-hydrogen) atoms. The topological polar surface area (TPSA) is 82.1 Å². The van der Waals surface area contributed by atoms with E-state index in [1.54, 1.807) is 19.1 Å². The Balaban J connectivity index is 2.93. The molecule has 0 radical (unpaired) electrons. The van der Waals surface area contributed by atoms with Crippen LogP contribution in [0.5, 0.6) is 17.2 Å². The van der Waals surface area contributed by atoms with E-state index in [0.717, 1.165) is 0 Å². The zero-order valence-corrected chi connectivity index (χ0v) is 12.7. The molecule has 0 unspecified atom stereocenters. The maximum Gasteiger partial charge on any atom is 0.203 e. The Hall–Kier alpha value is -1.47. The lowest BCUT2D eigenvalue weighted by molar-refractivity contribution is 0.272. The smallest absolute Gasteiger partial charge is 0.203 e. The maximum absolute atomic E-state index is 11.4. The third kappa shape index (κ3) is 4.28. The molecular weight excluding hydrogens is 284 g/mol. The number of hydrogen-bond acceptors (Lipinski definition) is 6. The molecule has 1 rings (SSSR count). The first-order chi connectivity index (χ1) is 9.47.